The fraction of sp³-hybridized carbons (Fsp3) is 0.588. The molecule has 1 atom stereocenters. The lowest BCUT2D eigenvalue weighted by atomic mass is 9.84. The van der Waals surface area contributed by atoms with Crippen LogP contribution in [0.5, 0.6) is 0 Å². The Morgan fingerprint density at radius 1 is 1.25 bits per heavy atom. The van der Waals surface area contributed by atoms with Gasteiger partial charge < -0.3 is 4.74 Å². The minimum atomic E-state index is -0.710. The van der Waals surface area contributed by atoms with E-state index in [1.165, 1.54) is 26.4 Å². The van der Waals surface area contributed by atoms with Crippen molar-refractivity contribution in [2.24, 2.45) is 0 Å². The van der Waals surface area contributed by atoms with Gasteiger partial charge in [0.15, 0.2) is 0 Å². The number of nitrogens with one attached hydrogen (secondary N) is 1. The highest BCUT2D eigenvalue weighted by atomic mass is 16.5. The number of carbonyl (C=O) groups is 1. The van der Waals surface area contributed by atoms with E-state index in [2.05, 4.69) is 5.32 Å². The highest BCUT2D eigenvalue weighted by Gasteiger charge is 2.41. The molecular formula is C17H25NO2. The normalized spacial score (nSPS) is 19.3. The SMILES string of the molecule is CCC(NC1CCCCC1)(C(=O)OC)c1ccccc1. The zero-order valence-corrected chi connectivity index (χ0v) is 12.5. The summed E-state index contributed by atoms with van der Waals surface area (Å²) in [6, 6.07) is 10.4. The maximum atomic E-state index is 12.5. The third kappa shape index (κ3) is 3.04. The summed E-state index contributed by atoms with van der Waals surface area (Å²) in [6.45, 7) is 2.04. The molecule has 0 saturated heterocycles. The third-order valence-corrected chi connectivity index (χ3v) is 4.39. The average Bonchev–Trinajstić information content (AvgIpc) is 2.53. The summed E-state index contributed by atoms with van der Waals surface area (Å²) in [7, 11) is 1.47. The van der Waals surface area contributed by atoms with Crippen LogP contribution in [0.25, 0.3) is 0 Å². The molecule has 0 aromatic heterocycles. The maximum absolute atomic E-state index is 12.5. The standard InChI is InChI=1S/C17H25NO2/c1-3-17(16(19)20-2,14-10-6-4-7-11-14)18-15-12-8-5-9-13-15/h4,6-7,10-11,15,18H,3,5,8-9,12-13H2,1-2H3. The van der Waals surface area contributed by atoms with Gasteiger partial charge in [0.1, 0.15) is 5.54 Å². The van der Waals surface area contributed by atoms with Crippen molar-refractivity contribution < 1.29 is 9.53 Å². The second-order valence-electron chi connectivity index (χ2n) is 5.60. The van der Waals surface area contributed by atoms with Crippen LogP contribution in [0.4, 0.5) is 0 Å². The van der Waals surface area contributed by atoms with E-state index in [0.717, 1.165) is 18.4 Å². The van der Waals surface area contributed by atoms with Crippen molar-refractivity contribution in [2.75, 3.05) is 7.11 Å². The fourth-order valence-corrected chi connectivity index (χ4v) is 3.20. The van der Waals surface area contributed by atoms with Gasteiger partial charge in [-0.05, 0) is 24.8 Å². The summed E-state index contributed by atoms with van der Waals surface area (Å²) in [5.74, 6) is -0.184. The quantitative estimate of drug-likeness (QED) is 0.837. The molecule has 0 spiro atoms. The Kier molecular flexibility index (Phi) is 5.18. The molecule has 3 heteroatoms. The predicted octanol–water partition coefficient (Wildman–Crippen LogP) is 3.39. The summed E-state index contributed by atoms with van der Waals surface area (Å²) in [4.78, 5) is 12.5. The molecule has 0 aliphatic heterocycles. The lowest BCUT2D eigenvalue weighted by Gasteiger charge is -2.37. The monoisotopic (exact) mass is 275 g/mol. The van der Waals surface area contributed by atoms with Gasteiger partial charge in [-0.1, -0.05) is 56.5 Å². The van der Waals surface area contributed by atoms with Crippen molar-refractivity contribution in [2.45, 2.75) is 57.0 Å². The van der Waals surface area contributed by atoms with Crippen molar-refractivity contribution in [1.29, 1.82) is 0 Å². The first-order valence-corrected chi connectivity index (χ1v) is 7.64. The second kappa shape index (κ2) is 6.89. The van der Waals surface area contributed by atoms with Gasteiger partial charge in [0, 0.05) is 6.04 Å². The molecule has 0 heterocycles. The van der Waals surface area contributed by atoms with Gasteiger partial charge in [-0.3, -0.25) is 5.32 Å². The van der Waals surface area contributed by atoms with Crippen LogP contribution >= 0.6 is 0 Å². The summed E-state index contributed by atoms with van der Waals surface area (Å²) in [5, 5.41) is 3.61. The summed E-state index contributed by atoms with van der Waals surface area (Å²) in [5.41, 5.74) is 0.290. The van der Waals surface area contributed by atoms with Gasteiger partial charge in [-0.2, -0.15) is 0 Å². The molecular weight excluding hydrogens is 250 g/mol. The van der Waals surface area contributed by atoms with E-state index in [1.54, 1.807) is 0 Å². The molecule has 3 nitrogen and oxygen atoms in total. The van der Waals surface area contributed by atoms with Gasteiger partial charge in [-0.25, -0.2) is 4.79 Å². The van der Waals surface area contributed by atoms with Crippen molar-refractivity contribution >= 4 is 5.97 Å². The van der Waals surface area contributed by atoms with Crippen LogP contribution in [-0.2, 0) is 15.1 Å². The van der Waals surface area contributed by atoms with Crippen LogP contribution in [-0.4, -0.2) is 19.1 Å². The largest absolute Gasteiger partial charge is 0.467 e. The van der Waals surface area contributed by atoms with Crippen LogP contribution in [0.3, 0.4) is 0 Å². The first kappa shape index (κ1) is 15.0. The minimum absolute atomic E-state index is 0.184. The number of rotatable bonds is 5. The van der Waals surface area contributed by atoms with E-state index in [1.807, 2.05) is 37.3 Å². The number of esters is 1. The molecule has 1 fully saturated rings. The molecule has 20 heavy (non-hydrogen) atoms. The molecule has 2 rings (SSSR count). The average molecular weight is 275 g/mol. The first-order valence-electron chi connectivity index (χ1n) is 7.64. The predicted molar refractivity (Wildman–Crippen MR) is 80.4 cm³/mol. The molecule has 0 bridgehead atoms. The molecule has 1 aromatic carbocycles. The number of carbonyl (C=O) groups excluding carboxylic acids is 1. The smallest absolute Gasteiger partial charge is 0.330 e. The number of methoxy groups -OCH3 is 1. The van der Waals surface area contributed by atoms with E-state index < -0.39 is 5.54 Å². The molecule has 1 aromatic rings. The number of ether oxygens (including phenoxy) is 1. The Labute approximate surface area is 121 Å². The lowest BCUT2D eigenvalue weighted by Crippen LogP contribution is -2.54. The Morgan fingerprint density at radius 3 is 2.45 bits per heavy atom. The molecule has 0 amide bonds. The highest BCUT2D eigenvalue weighted by molar-refractivity contribution is 5.82. The second-order valence-corrected chi connectivity index (χ2v) is 5.60. The molecule has 1 saturated carbocycles. The van der Waals surface area contributed by atoms with Crippen molar-refractivity contribution in [3.63, 3.8) is 0 Å². The van der Waals surface area contributed by atoms with Crippen LogP contribution in [0.15, 0.2) is 30.3 Å². The fourth-order valence-electron chi connectivity index (χ4n) is 3.20. The van der Waals surface area contributed by atoms with Crippen molar-refractivity contribution in [1.82, 2.24) is 5.32 Å². The molecule has 1 N–H and O–H groups in total. The third-order valence-electron chi connectivity index (χ3n) is 4.39. The van der Waals surface area contributed by atoms with Crippen molar-refractivity contribution in [3.8, 4) is 0 Å². The lowest BCUT2D eigenvalue weighted by molar-refractivity contribution is -0.150. The Bertz CT molecular complexity index is 426. The minimum Gasteiger partial charge on any atom is -0.467 e. The first-order chi connectivity index (χ1) is 9.73. The Hall–Kier alpha value is -1.35. The van der Waals surface area contributed by atoms with E-state index in [9.17, 15) is 4.79 Å². The topological polar surface area (TPSA) is 38.3 Å². The van der Waals surface area contributed by atoms with Crippen molar-refractivity contribution in [3.05, 3.63) is 35.9 Å². The number of hydrogen-bond donors (Lipinski definition) is 1. The highest BCUT2D eigenvalue weighted by Crippen LogP contribution is 2.30. The molecule has 1 aliphatic carbocycles. The summed E-state index contributed by atoms with van der Waals surface area (Å²) >= 11 is 0. The van der Waals surface area contributed by atoms with Gasteiger partial charge in [0.05, 0.1) is 7.11 Å². The molecule has 0 radical (unpaired) electrons. The number of hydrogen-bond acceptors (Lipinski definition) is 3. The number of benzene rings is 1. The molecule has 1 aliphatic rings. The van der Waals surface area contributed by atoms with Crippen LogP contribution in [0, 0.1) is 0 Å². The molecule has 1 unspecified atom stereocenters. The summed E-state index contributed by atoms with van der Waals surface area (Å²) < 4.78 is 5.10. The van der Waals surface area contributed by atoms with Gasteiger partial charge in [0.2, 0.25) is 0 Å². The van der Waals surface area contributed by atoms with E-state index in [-0.39, 0.29) is 5.97 Å². The zero-order valence-electron chi connectivity index (χ0n) is 12.5. The molecule has 110 valence electrons. The maximum Gasteiger partial charge on any atom is 0.330 e. The van der Waals surface area contributed by atoms with Gasteiger partial charge in [-0.15, -0.1) is 0 Å². The van der Waals surface area contributed by atoms with Crippen LogP contribution < -0.4 is 5.32 Å². The van der Waals surface area contributed by atoms with E-state index >= 15 is 0 Å². The van der Waals surface area contributed by atoms with E-state index in [4.69, 9.17) is 4.74 Å². The summed E-state index contributed by atoms with van der Waals surface area (Å²) in [6.07, 6.45) is 6.78. The van der Waals surface area contributed by atoms with Crippen LogP contribution in [0.2, 0.25) is 0 Å². The Morgan fingerprint density at radius 2 is 1.90 bits per heavy atom. The Balaban J connectivity index is 2.29. The van der Waals surface area contributed by atoms with Gasteiger partial charge in [0.25, 0.3) is 0 Å². The van der Waals surface area contributed by atoms with Crippen LogP contribution in [0.1, 0.15) is 51.0 Å². The zero-order chi connectivity index (χ0) is 14.4. The van der Waals surface area contributed by atoms with Gasteiger partial charge >= 0.3 is 5.97 Å². The van der Waals surface area contributed by atoms with E-state index in [0.29, 0.717) is 12.5 Å².